The molecule has 0 aliphatic carbocycles. The molecule has 3 aromatic rings. The Balaban J connectivity index is 1.55. The van der Waals surface area contributed by atoms with Crippen LogP contribution in [0.25, 0.3) is 6.08 Å². The topological polar surface area (TPSA) is 84.9 Å². The molecule has 35 heavy (non-hydrogen) atoms. The van der Waals surface area contributed by atoms with E-state index >= 15 is 0 Å². The van der Waals surface area contributed by atoms with Gasteiger partial charge in [0.15, 0.2) is 0 Å². The van der Waals surface area contributed by atoms with E-state index in [-0.39, 0.29) is 12.2 Å². The van der Waals surface area contributed by atoms with Crippen molar-refractivity contribution in [3.05, 3.63) is 92.9 Å². The monoisotopic (exact) mass is 554 g/mol. The normalized spacial score (nSPS) is 14.8. The van der Waals surface area contributed by atoms with Gasteiger partial charge in [0.1, 0.15) is 23.7 Å². The molecule has 4 rings (SSSR count). The summed E-state index contributed by atoms with van der Waals surface area (Å²) in [4.78, 5) is 38.9. The maximum atomic E-state index is 13.1. The number of halogens is 2. The van der Waals surface area contributed by atoms with Crippen LogP contribution in [-0.2, 0) is 16.2 Å². The van der Waals surface area contributed by atoms with Gasteiger partial charge < -0.3 is 9.47 Å². The standard InChI is InChI=1S/C26H20BrClN2O5/c1-2-34-19-10-8-18(9-11-19)30-25(32)20(24(31)29-26(30)33)13-16-7-12-23(21(27)14-16)35-15-17-5-3-4-6-22(17)28/h3-14H,2,15H2,1H3,(H,29,31,33)/b20-13+. The predicted octanol–water partition coefficient (Wildman–Crippen LogP) is 5.75. The van der Waals surface area contributed by atoms with Crippen molar-refractivity contribution in [3.63, 3.8) is 0 Å². The molecule has 0 aromatic heterocycles. The third-order valence-corrected chi connectivity index (χ3v) is 6.10. The number of benzene rings is 3. The highest BCUT2D eigenvalue weighted by Gasteiger charge is 2.36. The highest BCUT2D eigenvalue weighted by Crippen LogP contribution is 2.30. The Kier molecular flexibility index (Phi) is 7.53. The molecule has 1 fully saturated rings. The molecule has 0 spiro atoms. The second-order valence-corrected chi connectivity index (χ2v) is 8.72. The lowest BCUT2D eigenvalue weighted by molar-refractivity contribution is -0.122. The van der Waals surface area contributed by atoms with Crippen LogP contribution in [0.15, 0.2) is 76.8 Å². The van der Waals surface area contributed by atoms with Gasteiger partial charge in [-0.05, 0) is 77.0 Å². The second kappa shape index (κ2) is 10.8. The van der Waals surface area contributed by atoms with E-state index in [1.54, 1.807) is 48.5 Å². The van der Waals surface area contributed by atoms with Crippen molar-refractivity contribution in [1.29, 1.82) is 0 Å². The van der Waals surface area contributed by atoms with Crippen LogP contribution in [0, 0.1) is 0 Å². The largest absolute Gasteiger partial charge is 0.494 e. The summed E-state index contributed by atoms with van der Waals surface area (Å²) in [5.74, 6) is -0.317. The number of urea groups is 1. The van der Waals surface area contributed by atoms with Gasteiger partial charge in [-0.2, -0.15) is 0 Å². The SMILES string of the molecule is CCOc1ccc(N2C(=O)NC(=O)/C(=C\c3ccc(OCc4ccccc4Cl)c(Br)c3)C2=O)cc1. The minimum atomic E-state index is -0.814. The van der Waals surface area contributed by atoms with Crippen LogP contribution < -0.4 is 19.7 Å². The van der Waals surface area contributed by atoms with Crippen LogP contribution in [0.1, 0.15) is 18.1 Å². The lowest BCUT2D eigenvalue weighted by Crippen LogP contribution is -2.54. The van der Waals surface area contributed by atoms with E-state index in [4.69, 9.17) is 21.1 Å². The molecule has 1 aliphatic heterocycles. The Bertz CT molecular complexity index is 1320. The molecule has 9 heteroatoms. The van der Waals surface area contributed by atoms with Gasteiger partial charge in [-0.25, -0.2) is 9.69 Å². The lowest BCUT2D eigenvalue weighted by Gasteiger charge is -2.26. The molecule has 1 aliphatic rings. The summed E-state index contributed by atoms with van der Waals surface area (Å²) in [6.45, 7) is 2.62. The van der Waals surface area contributed by atoms with E-state index in [1.807, 2.05) is 25.1 Å². The summed E-state index contributed by atoms with van der Waals surface area (Å²) < 4.78 is 11.9. The van der Waals surface area contributed by atoms with Crippen molar-refractivity contribution < 1.29 is 23.9 Å². The van der Waals surface area contributed by atoms with Gasteiger partial charge in [0.05, 0.1) is 16.8 Å². The highest BCUT2D eigenvalue weighted by molar-refractivity contribution is 9.10. The van der Waals surface area contributed by atoms with E-state index in [0.29, 0.717) is 38.9 Å². The Morgan fingerprint density at radius 3 is 2.43 bits per heavy atom. The van der Waals surface area contributed by atoms with Crippen molar-refractivity contribution in [1.82, 2.24) is 5.32 Å². The van der Waals surface area contributed by atoms with Crippen molar-refractivity contribution in [2.24, 2.45) is 0 Å². The number of carbonyl (C=O) groups excluding carboxylic acids is 3. The Labute approximate surface area is 215 Å². The maximum Gasteiger partial charge on any atom is 0.335 e. The molecule has 1 N–H and O–H groups in total. The van der Waals surface area contributed by atoms with Crippen molar-refractivity contribution in [2.75, 3.05) is 11.5 Å². The number of amides is 4. The zero-order valence-electron chi connectivity index (χ0n) is 18.6. The third-order valence-electron chi connectivity index (χ3n) is 5.12. The van der Waals surface area contributed by atoms with E-state index in [9.17, 15) is 14.4 Å². The van der Waals surface area contributed by atoms with E-state index < -0.39 is 17.8 Å². The molecule has 7 nitrogen and oxygen atoms in total. The lowest BCUT2D eigenvalue weighted by atomic mass is 10.1. The van der Waals surface area contributed by atoms with Gasteiger partial charge in [-0.3, -0.25) is 14.9 Å². The molecule has 0 unspecified atom stereocenters. The fourth-order valence-electron chi connectivity index (χ4n) is 3.41. The zero-order chi connectivity index (χ0) is 24.9. The van der Waals surface area contributed by atoms with Crippen LogP contribution in [-0.4, -0.2) is 24.5 Å². The predicted molar refractivity (Wildman–Crippen MR) is 137 cm³/mol. The van der Waals surface area contributed by atoms with Crippen molar-refractivity contribution in [3.8, 4) is 11.5 Å². The summed E-state index contributed by atoms with van der Waals surface area (Å²) in [7, 11) is 0. The number of barbiturate groups is 1. The number of hydrogen-bond acceptors (Lipinski definition) is 5. The first-order valence-corrected chi connectivity index (χ1v) is 11.8. The van der Waals surface area contributed by atoms with Crippen molar-refractivity contribution >= 4 is 57.1 Å². The van der Waals surface area contributed by atoms with E-state index in [2.05, 4.69) is 21.2 Å². The molecule has 0 atom stereocenters. The van der Waals surface area contributed by atoms with Crippen LogP contribution in [0.2, 0.25) is 5.02 Å². The molecule has 0 saturated carbocycles. The average molecular weight is 556 g/mol. The minimum absolute atomic E-state index is 0.171. The average Bonchev–Trinajstić information content (AvgIpc) is 2.83. The summed E-state index contributed by atoms with van der Waals surface area (Å²) >= 11 is 9.64. The fraction of sp³-hybridized carbons (Fsp3) is 0.115. The number of imide groups is 2. The first-order chi connectivity index (χ1) is 16.9. The quantitative estimate of drug-likeness (QED) is 0.297. The van der Waals surface area contributed by atoms with Gasteiger partial charge in [0.2, 0.25) is 0 Å². The smallest absolute Gasteiger partial charge is 0.335 e. The zero-order valence-corrected chi connectivity index (χ0v) is 20.9. The molecule has 178 valence electrons. The number of hydrogen-bond donors (Lipinski definition) is 1. The minimum Gasteiger partial charge on any atom is -0.494 e. The Morgan fingerprint density at radius 1 is 1.00 bits per heavy atom. The van der Waals surface area contributed by atoms with Crippen molar-refractivity contribution in [2.45, 2.75) is 13.5 Å². The number of anilines is 1. The van der Waals surface area contributed by atoms with Crippen LogP contribution in [0.5, 0.6) is 11.5 Å². The molecule has 3 aromatic carbocycles. The highest BCUT2D eigenvalue weighted by atomic mass is 79.9. The van der Waals surface area contributed by atoms with Gasteiger partial charge in [-0.1, -0.05) is 35.9 Å². The van der Waals surface area contributed by atoms with Gasteiger partial charge >= 0.3 is 6.03 Å². The molecule has 0 radical (unpaired) electrons. The van der Waals surface area contributed by atoms with Crippen LogP contribution >= 0.6 is 27.5 Å². The summed E-state index contributed by atoms with van der Waals surface area (Å²) in [6.07, 6.45) is 1.42. The molecule has 4 amide bonds. The summed E-state index contributed by atoms with van der Waals surface area (Å²) in [5, 5.41) is 2.83. The van der Waals surface area contributed by atoms with Gasteiger partial charge in [0.25, 0.3) is 11.8 Å². The first kappa shape index (κ1) is 24.5. The second-order valence-electron chi connectivity index (χ2n) is 7.45. The van der Waals surface area contributed by atoms with E-state index in [0.717, 1.165) is 10.5 Å². The molecular formula is C26H20BrClN2O5. The van der Waals surface area contributed by atoms with Crippen LogP contribution in [0.4, 0.5) is 10.5 Å². The number of carbonyl (C=O) groups is 3. The van der Waals surface area contributed by atoms with Gasteiger partial charge in [-0.15, -0.1) is 0 Å². The van der Waals surface area contributed by atoms with Crippen LogP contribution in [0.3, 0.4) is 0 Å². The summed E-state index contributed by atoms with van der Waals surface area (Å²) in [6, 6.07) is 18.2. The summed E-state index contributed by atoms with van der Waals surface area (Å²) in [5.41, 5.74) is 1.56. The van der Waals surface area contributed by atoms with E-state index in [1.165, 1.54) is 6.08 Å². The Hall–Kier alpha value is -3.62. The number of ether oxygens (including phenoxy) is 2. The molecular weight excluding hydrogens is 536 g/mol. The fourth-order valence-corrected chi connectivity index (χ4v) is 4.11. The molecule has 0 bridgehead atoms. The maximum absolute atomic E-state index is 13.1. The van der Waals surface area contributed by atoms with Gasteiger partial charge in [0, 0.05) is 10.6 Å². The molecule has 1 heterocycles. The number of nitrogens with zero attached hydrogens (tertiary/aromatic N) is 1. The Morgan fingerprint density at radius 2 is 1.74 bits per heavy atom. The third kappa shape index (κ3) is 5.55. The number of nitrogens with one attached hydrogen (secondary N) is 1. The molecule has 1 saturated heterocycles. The first-order valence-electron chi connectivity index (χ1n) is 10.7. The number of rotatable bonds is 7.